The van der Waals surface area contributed by atoms with E-state index in [1.54, 1.807) is 18.2 Å². The number of nitrogens with zero attached hydrogens (tertiary/aromatic N) is 2. The highest BCUT2D eigenvalue weighted by Crippen LogP contribution is 2.39. The molecule has 1 fully saturated rings. The van der Waals surface area contributed by atoms with Crippen molar-refractivity contribution in [1.29, 1.82) is 0 Å². The second-order valence-corrected chi connectivity index (χ2v) is 7.97. The van der Waals surface area contributed by atoms with E-state index in [9.17, 15) is 9.59 Å². The molecule has 2 aliphatic rings. The van der Waals surface area contributed by atoms with Crippen LogP contribution in [0, 0.1) is 5.92 Å². The lowest BCUT2D eigenvalue weighted by atomic mass is 9.97. The number of hydrogen-bond acceptors (Lipinski definition) is 5. The van der Waals surface area contributed by atoms with Gasteiger partial charge in [-0.15, -0.1) is 0 Å². The molecule has 0 aromatic heterocycles. The Bertz CT molecular complexity index is 1000. The number of carbonyl (C=O) groups excluding carboxylic acids is 2. The summed E-state index contributed by atoms with van der Waals surface area (Å²) in [5.74, 6) is 1.21. The highest BCUT2D eigenvalue weighted by atomic mass is 16.5. The van der Waals surface area contributed by atoms with E-state index in [-0.39, 0.29) is 11.8 Å². The number of rotatable bonds is 6. The maximum atomic E-state index is 13.6. The topological polar surface area (TPSA) is 59.1 Å². The van der Waals surface area contributed by atoms with Crippen LogP contribution in [-0.4, -0.2) is 43.5 Å². The molecule has 2 aromatic carbocycles. The molecular formula is C25H28N2O4. The molecular weight excluding hydrogens is 392 g/mol. The van der Waals surface area contributed by atoms with Gasteiger partial charge in [0.15, 0.2) is 0 Å². The van der Waals surface area contributed by atoms with Crippen LogP contribution in [0.4, 0.5) is 5.69 Å². The van der Waals surface area contributed by atoms with Gasteiger partial charge in [-0.3, -0.25) is 9.59 Å². The van der Waals surface area contributed by atoms with Crippen LogP contribution in [0.15, 0.2) is 54.2 Å². The number of anilines is 1. The van der Waals surface area contributed by atoms with Crippen LogP contribution in [0.5, 0.6) is 11.5 Å². The highest BCUT2D eigenvalue weighted by Gasteiger charge is 2.43. The van der Waals surface area contributed by atoms with Gasteiger partial charge in [0.05, 0.1) is 25.0 Å². The summed E-state index contributed by atoms with van der Waals surface area (Å²) in [6.45, 7) is 6.24. The number of methoxy groups -OCH3 is 1. The Morgan fingerprint density at radius 3 is 2.29 bits per heavy atom. The molecule has 0 atom stereocenters. The van der Waals surface area contributed by atoms with Gasteiger partial charge >= 0.3 is 0 Å². The van der Waals surface area contributed by atoms with Crippen LogP contribution in [0.2, 0.25) is 0 Å². The Labute approximate surface area is 183 Å². The summed E-state index contributed by atoms with van der Waals surface area (Å²) >= 11 is 0. The molecule has 0 radical (unpaired) electrons. The monoisotopic (exact) mass is 420 g/mol. The van der Waals surface area contributed by atoms with Crippen LogP contribution < -0.4 is 14.4 Å². The van der Waals surface area contributed by atoms with Gasteiger partial charge in [0.1, 0.15) is 17.2 Å². The standard InChI is InChI=1S/C25H28N2O4/c1-4-31-19-11-9-18(10-12-19)22-23(26-15-13-17(2)14-16-26)25(29)27(24(22)28)20-7-5-6-8-21(20)30-3/h5-12,17H,4,13-16H2,1-3H3. The van der Waals surface area contributed by atoms with E-state index >= 15 is 0 Å². The van der Waals surface area contributed by atoms with Gasteiger partial charge in [-0.05, 0) is 55.5 Å². The first-order valence-corrected chi connectivity index (χ1v) is 10.8. The van der Waals surface area contributed by atoms with Crippen molar-refractivity contribution in [3.05, 3.63) is 59.8 Å². The van der Waals surface area contributed by atoms with Crippen molar-refractivity contribution in [3.8, 4) is 11.5 Å². The molecule has 2 aliphatic heterocycles. The third-order valence-corrected chi connectivity index (χ3v) is 5.94. The number of benzene rings is 2. The van der Waals surface area contributed by atoms with Gasteiger partial charge in [0, 0.05) is 13.1 Å². The predicted octanol–water partition coefficient (Wildman–Crippen LogP) is 4.11. The molecule has 0 bridgehead atoms. The lowest BCUT2D eigenvalue weighted by Gasteiger charge is -2.32. The van der Waals surface area contributed by atoms with Gasteiger partial charge < -0.3 is 14.4 Å². The SMILES string of the molecule is CCOc1ccc(C2=C(N3CCC(C)CC3)C(=O)N(c3ccccc3OC)C2=O)cc1. The summed E-state index contributed by atoms with van der Waals surface area (Å²) in [4.78, 5) is 30.6. The molecule has 162 valence electrons. The fraction of sp³-hybridized carbons (Fsp3) is 0.360. The summed E-state index contributed by atoms with van der Waals surface area (Å²) in [6, 6.07) is 14.5. The summed E-state index contributed by atoms with van der Waals surface area (Å²) < 4.78 is 11.0. The second kappa shape index (κ2) is 8.84. The number of amides is 2. The first-order chi connectivity index (χ1) is 15.0. The minimum absolute atomic E-state index is 0.298. The molecule has 2 aromatic rings. The fourth-order valence-electron chi connectivity index (χ4n) is 4.22. The molecule has 6 nitrogen and oxygen atoms in total. The first-order valence-electron chi connectivity index (χ1n) is 10.8. The van der Waals surface area contributed by atoms with E-state index in [2.05, 4.69) is 11.8 Å². The second-order valence-electron chi connectivity index (χ2n) is 7.97. The number of likely N-dealkylation sites (tertiary alicyclic amines) is 1. The van der Waals surface area contributed by atoms with Crippen LogP contribution in [-0.2, 0) is 9.59 Å². The zero-order chi connectivity index (χ0) is 22.0. The van der Waals surface area contributed by atoms with Crippen LogP contribution in [0.3, 0.4) is 0 Å². The van der Waals surface area contributed by atoms with E-state index in [1.165, 1.54) is 12.0 Å². The van der Waals surface area contributed by atoms with Gasteiger partial charge in [-0.1, -0.05) is 31.2 Å². The van der Waals surface area contributed by atoms with Crippen molar-refractivity contribution < 1.29 is 19.1 Å². The molecule has 0 spiro atoms. The Kier molecular flexibility index (Phi) is 5.98. The Morgan fingerprint density at radius 2 is 1.65 bits per heavy atom. The quantitative estimate of drug-likeness (QED) is 0.659. The largest absolute Gasteiger partial charge is 0.495 e. The fourth-order valence-corrected chi connectivity index (χ4v) is 4.22. The van der Waals surface area contributed by atoms with Crippen molar-refractivity contribution in [3.63, 3.8) is 0 Å². The number of para-hydroxylation sites is 2. The van der Waals surface area contributed by atoms with E-state index in [0.717, 1.165) is 31.7 Å². The van der Waals surface area contributed by atoms with E-state index < -0.39 is 0 Å². The zero-order valence-corrected chi connectivity index (χ0v) is 18.3. The lowest BCUT2D eigenvalue weighted by Crippen LogP contribution is -2.38. The smallest absolute Gasteiger partial charge is 0.282 e. The summed E-state index contributed by atoms with van der Waals surface area (Å²) in [7, 11) is 1.54. The number of imide groups is 1. The van der Waals surface area contributed by atoms with E-state index in [1.807, 2.05) is 37.3 Å². The van der Waals surface area contributed by atoms with Crippen LogP contribution in [0.25, 0.3) is 5.57 Å². The van der Waals surface area contributed by atoms with Gasteiger partial charge in [0.25, 0.3) is 11.8 Å². The molecule has 4 rings (SSSR count). The van der Waals surface area contributed by atoms with Gasteiger partial charge in [0.2, 0.25) is 0 Å². The average molecular weight is 421 g/mol. The van der Waals surface area contributed by atoms with Crippen LogP contribution in [0.1, 0.15) is 32.3 Å². The number of piperidine rings is 1. The molecule has 0 unspecified atom stereocenters. The van der Waals surface area contributed by atoms with Crippen molar-refractivity contribution in [2.75, 3.05) is 31.7 Å². The van der Waals surface area contributed by atoms with Gasteiger partial charge in [-0.25, -0.2) is 4.90 Å². The minimum atomic E-state index is -0.327. The third kappa shape index (κ3) is 3.90. The average Bonchev–Trinajstić information content (AvgIpc) is 3.05. The molecule has 0 N–H and O–H groups in total. The predicted molar refractivity (Wildman–Crippen MR) is 120 cm³/mol. The zero-order valence-electron chi connectivity index (χ0n) is 18.3. The summed E-state index contributed by atoms with van der Waals surface area (Å²) in [5, 5.41) is 0. The van der Waals surface area contributed by atoms with Crippen LogP contribution >= 0.6 is 0 Å². The summed E-state index contributed by atoms with van der Waals surface area (Å²) in [6.07, 6.45) is 1.99. The van der Waals surface area contributed by atoms with E-state index in [0.29, 0.717) is 40.8 Å². The highest BCUT2D eigenvalue weighted by molar-refractivity contribution is 6.45. The Balaban J connectivity index is 1.79. The molecule has 2 amide bonds. The number of hydrogen-bond donors (Lipinski definition) is 0. The maximum absolute atomic E-state index is 13.6. The van der Waals surface area contributed by atoms with Crippen molar-refractivity contribution in [2.24, 2.45) is 5.92 Å². The molecule has 0 saturated carbocycles. The molecule has 31 heavy (non-hydrogen) atoms. The van der Waals surface area contributed by atoms with Crippen molar-refractivity contribution in [2.45, 2.75) is 26.7 Å². The molecule has 2 heterocycles. The minimum Gasteiger partial charge on any atom is -0.495 e. The molecule has 1 saturated heterocycles. The van der Waals surface area contributed by atoms with E-state index in [4.69, 9.17) is 9.47 Å². The normalized spacial score (nSPS) is 17.5. The van der Waals surface area contributed by atoms with Crippen molar-refractivity contribution >= 4 is 23.1 Å². The third-order valence-electron chi connectivity index (χ3n) is 5.94. The number of ether oxygens (including phenoxy) is 2. The molecule has 0 aliphatic carbocycles. The van der Waals surface area contributed by atoms with Gasteiger partial charge in [-0.2, -0.15) is 0 Å². The Morgan fingerprint density at radius 1 is 0.968 bits per heavy atom. The summed E-state index contributed by atoms with van der Waals surface area (Å²) in [5.41, 5.74) is 2.09. The number of carbonyl (C=O) groups is 2. The molecule has 6 heteroatoms. The van der Waals surface area contributed by atoms with Crippen molar-refractivity contribution in [1.82, 2.24) is 4.90 Å². The maximum Gasteiger partial charge on any atom is 0.282 e. The Hall–Kier alpha value is -3.28. The lowest BCUT2D eigenvalue weighted by molar-refractivity contribution is -0.120. The first kappa shape index (κ1) is 21.0.